The van der Waals surface area contributed by atoms with Gasteiger partial charge in [0.15, 0.2) is 5.78 Å². The molecule has 1 aromatic carbocycles. The van der Waals surface area contributed by atoms with Crippen molar-refractivity contribution in [1.29, 1.82) is 0 Å². The molecule has 70 valence electrons. The number of carbonyl (C=O) groups is 1. The van der Waals surface area contributed by atoms with Crippen molar-refractivity contribution in [3.63, 3.8) is 0 Å². The van der Waals surface area contributed by atoms with Crippen LogP contribution in [0.5, 0.6) is 0 Å². The largest absolute Gasteiger partial charge is 0.293 e. The van der Waals surface area contributed by atoms with E-state index in [4.69, 9.17) is 34.8 Å². The van der Waals surface area contributed by atoms with Crippen molar-refractivity contribution in [2.24, 2.45) is 0 Å². The maximum atomic E-state index is 11.2. The van der Waals surface area contributed by atoms with E-state index in [2.05, 4.69) is 0 Å². The Kier molecular flexibility index (Phi) is 3.60. The summed E-state index contributed by atoms with van der Waals surface area (Å²) >= 11 is 17.1. The van der Waals surface area contributed by atoms with Gasteiger partial charge in [-0.3, -0.25) is 4.79 Å². The van der Waals surface area contributed by atoms with Gasteiger partial charge in [0.25, 0.3) is 0 Å². The van der Waals surface area contributed by atoms with E-state index in [1.54, 1.807) is 19.1 Å². The lowest BCUT2D eigenvalue weighted by Gasteiger charge is -2.03. The number of benzene rings is 1. The molecule has 1 rings (SSSR count). The van der Waals surface area contributed by atoms with Crippen molar-refractivity contribution in [2.75, 3.05) is 5.88 Å². The van der Waals surface area contributed by atoms with Gasteiger partial charge < -0.3 is 0 Å². The van der Waals surface area contributed by atoms with Crippen molar-refractivity contribution >= 4 is 40.6 Å². The van der Waals surface area contributed by atoms with Crippen LogP contribution in [-0.2, 0) is 0 Å². The van der Waals surface area contributed by atoms with E-state index >= 15 is 0 Å². The predicted molar refractivity (Wildman–Crippen MR) is 56.2 cm³/mol. The Bertz CT molecular complexity index is 324. The highest BCUT2D eigenvalue weighted by atomic mass is 35.5. The molecule has 0 amide bonds. The predicted octanol–water partition coefficient (Wildman–Crippen LogP) is 3.72. The van der Waals surface area contributed by atoms with E-state index < -0.39 is 0 Å². The lowest BCUT2D eigenvalue weighted by molar-refractivity contribution is 0.102. The minimum Gasteiger partial charge on any atom is -0.293 e. The van der Waals surface area contributed by atoms with Crippen LogP contribution in [0.3, 0.4) is 0 Å². The molecule has 0 radical (unpaired) electrons. The van der Waals surface area contributed by atoms with E-state index in [1.807, 2.05) is 0 Å². The molecule has 4 heteroatoms. The van der Waals surface area contributed by atoms with Crippen molar-refractivity contribution in [3.05, 3.63) is 33.3 Å². The Balaban J connectivity index is 3.20. The third-order valence-electron chi connectivity index (χ3n) is 1.72. The van der Waals surface area contributed by atoms with Crippen LogP contribution in [0.4, 0.5) is 0 Å². The summed E-state index contributed by atoms with van der Waals surface area (Å²) in [6.45, 7) is 1.79. The van der Waals surface area contributed by atoms with Crippen molar-refractivity contribution in [3.8, 4) is 0 Å². The first-order valence-corrected chi connectivity index (χ1v) is 4.90. The molecule has 0 aromatic heterocycles. The number of rotatable bonds is 2. The Morgan fingerprint density at radius 2 is 1.77 bits per heavy atom. The highest BCUT2D eigenvalue weighted by Gasteiger charge is 2.09. The van der Waals surface area contributed by atoms with Gasteiger partial charge in [-0.15, -0.1) is 11.6 Å². The summed E-state index contributed by atoms with van der Waals surface area (Å²) in [7, 11) is 0. The number of ketones is 1. The first kappa shape index (κ1) is 10.8. The molecule has 1 aromatic rings. The Labute approximate surface area is 91.6 Å². The van der Waals surface area contributed by atoms with Crippen molar-refractivity contribution < 1.29 is 4.79 Å². The highest BCUT2D eigenvalue weighted by molar-refractivity contribution is 6.37. The number of hydrogen-bond acceptors (Lipinski definition) is 1. The van der Waals surface area contributed by atoms with E-state index in [0.717, 1.165) is 5.56 Å². The van der Waals surface area contributed by atoms with Crippen LogP contribution < -0.4 is 0 Å². The SMILES string of the molecule is Cc1c(Cl)cc(C(=O)CCl)cc1Cl. The molecule has 0 N–H and O–H groups in total. The van der Waals surface area contributed by atoms with Crippen LogP contribution >= 0.6 is 34.8 Å². The molecular weight excluding hydrogens is 230 g/mol. The fourth-order valence-corrected chi connectivity index (χ4v) is 1.52. The normalized spacial score (nSPS) is 10.2. The first-order chi connectivity index (χ1) is 6.06. The standard InChI is InChI=1S/C9H7Cl3O/c1-5-7(11)2-6(3-8(5)12)9(13)4-10/h2-3H,4H2,1H3. The number of carbonyl (C=O) groups excluding carboxylic acids is 1. The minimum atomic E-state index is -0.175. The molecular formula is C9H7Cl3O. The van der Waals surface area contributed by atoms with Crippen molar-refractivity contribution in [1.82, 2.24) is 0 Å². The topological polar surface area (TPSA) is 17.1 Å². The minimum absolute atomic E-state index is 0.0598. The second kappa shape index (κ2) is 4.32. The van der Waals surface area contributed by atoms with E-state index in [9.17, 15) is 4.79 Å². The molecule has 13 heavy (non-hydrogen) atoms. The molecule has 0 bridgehead atoms. The zero-order valence-corrected chi connectivity index (χ0v) is 9.17. The third-order valence-corrected chi connectivity index (χ3v) is 2.75. The Morgan fingerprint density at radius 1 is 1.31 bits per heavy atom. The maximum absolute atomic E-state index is 11.2. The number of halogens is 3. The monoisotopic (exact) mass is 236 g/mol. The summed E-state index contributed by atoms with van der Waals surface area (Å²) < 4.78 is 0. The molecule has 0 saturated carbocycles. The summed E-state index contributed by atoms with van der Waals surface area (Å²) in [5.74, 6) is -0.235. The number of Topliss-reactive ketones (excluding diaryl/α,β-unsaturated/α-hetero) is 1. The van der Waals surface area contributed by atoms with Crippen LogP contribution in [0.1, 0.15) is 15.9 Å². The number of hydrogen-bond donors (Lipinski definition) is 0. The summed E-state index contributed by atoms with van der Waals surface area (Å²) in [6.07, 6.45) is 0. The lowest BCUT2D eigenvalue weighted by Crippen LogP contribution is -2.00. The van der Waals surface area contributed by atoms with Gasteiger partial charge in [-0.25, -0.2) is 0 Å². The summed E-state index contributed by atoms with van der Waals surface area (Å²) in [5, 5.41) is 0.974. The van der Waals surface area contributed by atoms with Crippen LogP contribution in [0.25, 0.3) is 0 Å². The summed E-state index contributed by atoms with van der Waals surface area (Å²) in [5.41, 5.74) is 1.23. The van der Waals surface area contributed by atoms with E-state index in [-0.39, 0.29) is 11.7 Å². The van der Waals surface area contributed by atoms with Crippen LogP contribution in [0, 0.1) is 6.92 Å². The molecule has 0 aliphatic heterocycles. The van der Waals surface area contributed by atoms with Gasteiger partial charge in [-0.2, -0.15) is 0 Å². The Morgan fingerprint density at radius 3 is 2.15 bits per heavy atom. The summed E-state index contributed by atoms with van der Waals surface area (Å²) in [4.78, 5) is 11.2. The smallest absolute Gasteiger partial charge is 0.177 e. The fourth-order valence-electron chi connectivity index (χ4n) is 0.883. The molecule has 0 unspecified atom stereocenters. The molecule has 0 fully saturated rings. The molecule has 0 spiro atoms. The molecule has 0 saturated heterocycles. The molecule has 0 aliphatic carbocycles. The zero-order valence-electron chi connectivity index (χ0n) is 6.90. The molecule has 0 aliphatic rings. The first-order valence-electron chi connectivity index (χ1n) is 3.61. The highest BCUT2D eigenvalue weighted by Crippen LogP contribution is 2.25. The van der Waals surface area contributed by atoms with Crippen LogP contribution in [-0.4, -0.2) is 11.7 Å². The number of alkyl halides is 1. The Hall–Kier alpha value is -0.240. The summed E-state index contributed by atoms with van der Waals surface area (Å²) in [6, 6.07) is 3.15. The van der Waals surface area contributed by atoms with Gasteiger partial charge in [0, 0.05) is 15.6 Å². The van der Waals surface area contributed by atoms with Gasteiger partial charge in [0.05, 0.1) is 5.88 Å². The average Bonchev–Trinajstić information content (AvgIpc) is 2.12. The molecule has 0 atom stereocenters. The van der Waals surface area contributed by atoms with Crippen molar-refractivity contribution in [2.45, 2.75) is 6.92 Å². The van der Waals surface area contributed by atoms with Gasteiger partial charge in [0.1, 0.15) is 0 Å². The van der Waals surface area contributed by atoms with Gasteiger partial charge in [-0.1, -0.05) is 23.2 Å². The lowest BCUT2D eigenvalue weighted by atomic mass is 10.1. The van der Waals surface area contributed by atoms with E-state index in [1.165, 1.54) is 0 Å². The van der Waals surface area contributed by atoms with Gasteiger partial charge in [0.2, 0.25) is 0 Å². The third kappa shape index (κ3) is 2.37. The van der Waals surface area contributed by atoms with Crippen LogP contribution in [0.15, 0.2) is 12.1 Å². The van der Waals surface area contributed by atoms with Gasteiger partial charge in [-0.05, 0) is 24.6 Å². The molecule has 0 heterocycles. The second-order valence-electron chi connectivity index (χ2n) is 2.62. The fraction of sp³-hybridized carbons (Fsp3) is 0.222. The quantitative estimate of drug-likeness (QED) is 0.566. The van der Waals surface area contributed by atoms with E-state index in [0.29, 0.717) is 15.6 Å². The average molecular weight is 238 g/mol. The molecule has 1 nitrogen and oxygen atoms in total. The zero-order chi connectivity index (χ0) is 10.0. The van der Waals surface area contributed by atoms with Crippen LogP contribution in [0.2, 0.25) is 10.0 Å². The van der Waals surface area contributed by atoms with Gasteiger partial charge >= 0.3 is 0 Å². The maximum Gasteiger partial charge on any atom is 0.177 e. The second-order valence-corrected chi connectivity index (χ2v) is 3.70.